The van der Waals surface area contributed by atoms with Gasteiger partial charge in [0.2, 0.25) is 0 Å². The van der Waals surface area contributed by atoms with Crippen LogP contribution >= 0.6 is 0 Å². The van der Waals surface area contributed by atoms with Crippen LogP contribution in [0.25, 0.3) is 33.0 Å². The largest absolute Gasteiger partial charge is 0.494 e. The van der Waals surface area contributed by atoms with E-state index in [1.807, 2.05) is 76.2 Å². The summed E-state index contributed by atoms with van der Waals surface area (Å²) in [5.74, 6) is 0. The van der Waals surface area contributed by atoms with Gasteiger partial charge in [-0.25, -0.2) is 0 Å². The van der Waals surface area contributed by atoms with Gasteiger partial charge < -0.3 is 9.31 Å². The molecule has 0 unspecified atom stereocenters. The Kier molecular flexibility index (Phi) is 3.77. The monoisotopic (exact) mass is 410 g/mol. The van der Waals surface area contributed by atoms with Crippen LogP contribution in [0.3, 0.4) is 0 Å². The fourth-order valence-electron chi connectivity index (χ4n) is 3.97. The molecule has 0 amide bonds. The van der Waals surface area contributed by atoms with Gasteiger partial charge >= 0.3 is 7.12 Å². The summed E-state index contributed by atoms with van der Waals surface area (Å²) in [6.07, 6.45) is 0. The maximum Gasteiger partial charge on any atom is 0.494 e. The zero-order valence-electron chi connectivity index (χ0n) is 22.2. The molecule has 0 aliphatic carbocycles. The van der Waals surface area contributed by atoms with Crippen molar-refractivity contribution in [2.75, 3.05) is 0 Å². The van der Waals surface area contributed by atoms with Crippen molar-refractivity contribution in [3.8, 4) is 22.3 Å². The highest BCUT2D eigenvalue weighted by molar-refractivity contribution is 6.62. The van der Waals surface area contributed by atoms with Gasteiger partial charge in [-0.05, 0) is 66.2 Å². The van der Waals surface area contributed by atoms with Gasteiger partial charge in [0.15, 0.2) is 0 Å². The van der Waals surface area contributed by atoms with Crippen molar-refractivity contribution in [3.05, 3.63) is 90.9 Å². The van der Waals surface area contributed by atoms with E-state index in [0.29, 0.717) is 11.1 Å². The van der Waals surface area contributed by atoms with E-state index < -0.39 is 18.3 Å². The minimum absolute atomic E-state index is 0.00730. The summed E-state index contributed by atoms with van der Waals surface area (Å²) in [5.41, 5.74) is 2.01. The molecule has 31 heavy (non-hydrogen) atoms. The molecule has 0 radical (unpaired) electrons. The van der Waals surface area contributed by atoms with Crippen LogP contribution in [-0.4, -0.2) is 18.3 Å². The first kappa shape index (κ1) is 15.9. The van der Waals surface area contributed by atoms with Crippen molar-refractivity contribution in [2.45, 2.75) is 38.9 Å². The van der Waals surface area contributed by atoms with Crippen molar-refractivity contribution in [1.82, 2.24) is 0 Å². The lowest BCUT2D eigenvalue weighted by Gasteiger charge is -2.32. The molecule has 0 saturated carbocycles. The van der Waals surface area contributed by atoms with Crippen LogP contribution in [0, 0.1) is 0 Å². The summed E-state index contributed by atoms with van der Waals surface area (Å²) in [6, 6.07) is 21.3. The third-order valence-corrected chi connectivity index (χ3v) is 6.41. The highest BCUT2D eigenvalue weighted by atomic mass is 16.7. The number of benzene rings is 4. The Bertz CT molecular complexity index is 1440. The topological polar surface area (TPSA) is 18.5 Å². The quantitative estimate of drug-likeness (QED) is 0.360. The van der Waals surface area contributed by atoms with Crippen molar-refractivity contribution in [2.24, 2.45) is 0 Å². The molecule has 154 valence electrons. The first-order chi connectivity index (χ1) is 16.5. The van der Waals surface area contributed by atoms with Gasteiger partial charge in [0.1, 0.15) is 0 Å². The molecule has 1 aliphatic rings. The minimum atomic E-state index is -0.960. The summed E-state index contributed by atoms with van der Waals surface area (Å²) in [4.78, 5) is 0. The van der Waals surface area contributed by atoms with Crippen LogP contribution in [0.2, 0.25) is 0 Å². The van der Waals surface area contributed by atoms with E-state index in [9.17, 15) is 0 Å². The summed E-state index contributed by atoms with van der Waals surface area (Å²) in [7, 11) is -0.960. The molecule has 2 nitrogen and oxygen atoms in total. The van der Waals surface area contributed by atoms with Gasteiger partial charge in [0.05, 0.1) is 16.7 Å². The van der Waals surface area contributed by atoms with E-state index in [0.717, 1.165) is 21.9 Å². The second-order valence-corrected chi connectivity index (χ2v) is 8.95. The molecular formula is C28H27BO2. The maximum absolute atomic E-state index is 9.10. The summed E-state index contributed by atoms with van der Waals surface area (Å²) < 4.78 is 47.3. The van der Waals surface area contributed by atoms with Crippen molar-refractivity contribution < 1.29 is 14.8 Å². The second-order valence-electron chi connectivity index (χ2n) is 8.95. The predicted octanol–water partition coefficient (Wildman–Crippen LogP) is 6.47. The summed E-state index contributed by atoms with van der Waals surface area (Å²) in [5, 5.41) is 1.88. The maximum atomic E-state index is 9.10. The lowest BCUT2D eigenvalue weighted by molar-refractivity contribution is 0.00578. The van der Waals surface area contributed by atoms with Gasteiger partial charge in [-0.3, -0.25) is 0 Å². The van der Waals surface area contributed by atoms with Crippen LogP contribution in [0.1, 0.15) is 33.2 Å². The first-order valence-electron chi connectivity index (χ1n) is 12.6. The summed E-state index contributed by atoms with van der Waals surface area (Å²) in [6.45, 7) is 7.66. The van der Waals surface area contributed by atoms with E-state index >= 15 is 0 Å². The van der Waals surface area contributed by atoms with Crippen LogP contribution in [-0.2, 0) is 9.31 Å². The molecule has 0 N–H and O–H groups in total. The standard InChI is InChI=1S/C28H27BO2/c1-27(2)28(3,4)31-29(30-27)22-14-8-13-21(19-22)24-16-10-17-25-23(15-9-18-26(24)25)20-11-6-5-7-12-20/h5-19H,1-4H3/i8D,13D,14D,19D. The Labute approximate surface area is 190 Å². The Morgan fingerprint density at radius 2 is 1.26 bits per heavy atom. The predicted molar refractivity (Wildman–Crippen MR) is 131 cm³/mol. The van der Waals surface area contributed by atoms with E-state index in [-0.39, 0.29) is 29.6 Å². The van der Waals surface area contributed by atoms with Crippen LogP contribution in [0.4, 0.5) is 0 Å². The van der Waals surface area contributed by atoms with Gasteiger partial charge in [0, 0.05) is 0 Å². The molecule has 0 bridgehead atoms. The molecule has 4 aromatic carbocycles. The minimum Gasteiger partial charge on any atom is -0.399 e. The normalized spacial score (nSPS) is 19.0. The average Bonchev–Trinajstić information content (AvgIpc) is 3.04. The average molecular weight is 410 g/mol. The smallest absolute Gasteiger partial charge is 0.399 e. The van der Waals surface area contributed by atoms with Crippen molar-refractivity contribution >= 4 is 23.4 Å². The fourth-order valence-corrected chi connectivity index (χ4v) is 3.97. The van der Waals surface area contributed by atoms with Gasteiger partial charge in [-0.2, -0.15) is 0 Å². The number of fused-ring (bicyclic) bond motifs is 1. The zero-order valence-corrected chi connectivity index (χ0v) is 18.2. The SMILES string of the molecule is [2H]c1c([2H])c(B2OC(C)(C)C(C)(C)O2)c([2H])c(-c2cccc3c(-c4ccccc4)cccc23)c1[2H]. The molecule has 5 rings (SSSR count). The van der Waals surface area contributed by atoms with Crippen LogP contribution in [0.5, 0.6) is 0 Å². The molecule has 1 heterocycles. The van der Waals surface area contributed by atoms with Crippen LogP contribution in [0.15, 0.2) is 90.9 Å². The van der Waals surface area contributed by atoms with Gasteiger partial charge in [0.25, 0.3) is 0 Å². The Morgan fingerprint density at radius 3 is 1.87 bits per heavy atom. The molecule has 0 atom stereocenters. The molecule has 1 fully saturated rings. The van der Waals surface area contributed by atoms with E-state index in [4.69, 9.17) is 14.8 Å². The number of hydrogen-bond acceptors (Lipinski definition) is 2. The first-order valence-corrected chi connectivity index (χ1v) is 10.6. The van der Waals surface area contributed by atoms with Crippen molar-refractivity contribution in [3.63, 3.8) is 0 Å². The highest BCUT2D eigenvalue weighted by Crippen LogP contribution is 2.37. The van der Waals surface area contributed by atoms with Crippen molar-refractivity contribution in [1.29, 1.82) is 0 Å². The lowest BCUT2D eigenvalue weighted by atomic mass is 9.77. The Balaban J connectivity index is 1.76. The molecule has 1 saturated heterocycles. The second kappa shape index (κ2) is 7.37. The zero-order chi connectivity index (χ0) is 25.1. The Hall–Kier alpha value is -2.88. The molecule has 4 aromatic rings. The number of hydrogen-bond donors (Lipinski definition) is 0. The molecule has 1 aliphatic heterocycles. The molecule has 3 heteroatoms. The molecule has 0 spiro atoms. The third kappa shape index (κ3) is 3.48. The van der Waals surface area contributed by atoms with E-state index in [2.05, 4.69) is 18.2 Å². The fraction of sp³-hybridized carbons (Fsp3) is 0.214. The lowest BCUT2D eigenvalue weighted by Crippen LogP contribution is -2.41. The number of rotatable bonds is 3. The molecular weight excluding hydrogens is 379 g/mol. The third-order valence-electron chi connectivity index (χ3n) is 6.41. The highest BCUT2D eigenvalue weighted by Gasteiger charge is 2.51. The molecule has 0 aromatic heterocycles. The van der Waals surface area contributed by atoms with Crippen LogP contribution < -0.4 is 5.46 Å². The van der Waals surface area contributed by atoms with E-state index in [1.165, 1.54) is 0 Å². The Morgan fingerprint density at radius 1 is 0.677 bits per heavy atom. The van der Waals surface area contributed by atoms with E-state index in [1.54, 1.807) is 0 Å². The van der Waals surface area contributed by atoms with Gasteiger partial charge in [-0.15, -0.1) is 0 Å². The van der Waals surface area contributed by atoms with Gasteiger partial charge in [-0.1, -0.05) is 90.9 Å². The summed E-state index contributed by atoms with van der Waals surface area (Å²) >= 11 is 0.